The maximum Gasteiger partial charge on any atom is 0.332 e. The first-order valence-electron chi connectivity index (χ1n) is 8.17. The Labute approximate surface area is 139 Å². The van der Waals surface area contributed by atoms with Crippen LogP contribution in [0.4, 0.5) is 5.95 Å². The molecule has 2 aromatic heterocycles. The second kappa shape index (κ2) is 6.78. The molecule has 0 amide bonds. The van der Waals surface area contributed by atoms with Gasteiger partial charge in [0.1, 0.15) is 0 Å². The third kappa shape index (κ3) is 2.96. The lowest BCUT2D eigenvalue weighted by molar-refractivity contribution is 0.0378. The van der Waals surface area contributed by atoms with Crippen molar-refractivity contribution < 1.29 is 4.74 Å². The zero-order valence-corrected chi connectivity index (χ0v) is 14.4. The predicted octanol–water partition coefficient (Wildman–Crippen LogP) is -0.895. The van der Waals surface area contributed by atoms with E-state index < -0.39 is 0 Å². The van der Waals surface area contributed by atoms with Crippen LogP contribution in [0.15, 0.2) is 9.59 Å². The van der Waals surface area contributed by atoms with Crippen LogP contribution in [0.5, 0.6) is 0 Å². The van der Waals surface area contributed by atoms with Gasteiger partial charge in [0, 0.05) is 40.8 Å². The van der Waals surface area contributed by atoms with Crippen molar-refractivity contribution in [3.63, 3.8) is 0 Å². The van der Waals surface area contributed by atoms with E-state index in [0.717, 1.165) is 50.4 Å². The van der Waals surface area contributed by atoms with Crippen molar-refractivity contribution in [1.29, 1.82) is 0 Å². The summed E-state index contributed by atoms with van der Waals surface area (Å²) in [6, 6.07) is 0. The van der Waals surface area contributed by atoms with Gasteiger partial charge in [0.25, 0.3) is 5.56 Å². The van der Waals surface area contributed by atoms with E-state index in [9.17, 15) is 9.59 Å². The largest absolute Gasteiger partial charge is 0.379 e. The zero-order chi connectivity index (χ0) is 17.3. The number of fused-ring (bicyclic) bond motifs is 1. The molecule has 0 unspecified atom stereocenters. The van der Waals surface area contributed by atoms with Crippen molar-refractivity contribution in [2.24, 2.45) is 21.1 Å². The smallest absolute Gasteiger partial charge is 0.332 e. The minimum Gasteiger partial charge on any atom is -0.379 e. The lowest BCUT2D eigenvalue weighted by Gasteiger charge is -2.26. The van der Waals surface area contributed by atoms with E-state index in [-0.39, 0.29) is 11.2 Å². The number of aryl methyl sites for hydroxylation is 2. The first kappa shape index (κ1) is 16.7. The number of ether oxygens (including phenoxy) is 1. The molecule has 0 radical (unpaired) electrons. The maximum atomic E-state index is 12.3. The Kier molecular flexibility index (Phi) is 4.72. The molecule has 0 aromatic carbocycles. The van der Waals surface area contributed by atoms with Crippen LogP contribution in [0, 0.1) is 0 Å². The fourth-order valence-electron chi connectivity index (χ4n) is 3.00. The van der Waals surface area contributed by atoms with Gasteiger partial charge in [-0.2, -0.15) is 4.98 Å². The summed E-state index contributed by atoms with van der Waals surface area (Å²) in [6.07, 6.45) is 0.972. The van der Waals surface area contributed by atoms with Crippen molar-refractivity contribution in [2.75, 3.05) is 44.7 Å². The van der Waals surface area contributed by atoms with E-state index in [1.165, 1.54) is 11.6 Å². The zero-order valence-electron chi connectivity index (χ0n) is 14.4. The fraction of sp³-hybridized carbons (Fsp3) is 0.667. The Hall–Kier alpha value is -2.13. The maximum absolute atomic E-state index is 12.3. The molecule has 1 aliphatic rings. The Bertz CT molecular complexity index is 843. The predicted molar refractivity (Wildman–Crippen MR) is 91.6 cm³/mol. The summed E-state index contributed by atoms with van der Waals surface area (Å²) < 4.78 is 9.55. The highest BCUT2D eigenvalue weighted by Gasteiger charge is 2.16. The third-order valence-corrected chi connectivity index (χ3v) is 4.51. The molecule has 1 saturated heterocycles. The van der Waals surface area contributed by atoms with Crippen LogP contribution in [-0.2, 0) is 25.9 Å². The van der Waals surface area contributed by atoms with Gasteiger partial charge in [0.15, 0.2) is 11.2 Å². The molecule has 0 bridgehead atoms. The lowest BCUT2D eigenvalue weighted by Crippen LogP contribution is -2.37. The van der Waals surface area contributed by atoms with Crippen LogP contribution >= 0.6 is 0 Å². The topological polar surface area (TPSA) is 86.3 Å². The molecule has 9 heteroatoms. The van der Waals surface area contributed by atoms with Crippen LogP contribution in [0.1, 0.15) is 6.42 Å². The monoisotopic (exact) mass is 336 g/mol. The summed E-state index contributed by atoms with van der Waals surface area (Å²) in [4.78, 5) is 31.1. The van der Waals surface area contributed by atoms with Gasteiger partial charge in [0.05, 0.1) is 13.2 Å². The summed E-state index contributed by atoms with van der Waals surface area (Å²) in [5.41, 5.74) is 0.130. The van der Waals surface area contributed by atoms with Gasteiger partial charge in [0.2, 0.25) is 5.95 Å². The Morgan fingerprint density at radius 2 is 1.79 bits per heavy atom. The molecule has 1 aliphatic heterocycles. The highest BCUT2D eigenvalue weighted by atomic mass is 16.5. The SMILES string of the molecule is Cn1c(=O)c2c(nc(NCCCN3CCOCC3)n2C)n(C)c1=O. The first-order chi connectivity index (χ1) is 11.5. The van der Waals surface area contributed by atoms with Crippen molar-refractivity contribution in [2.45, 2.75) is 6.42 Å². The Morgan fingerprint density at radius 3 is 2.50 bits per heavy atom. The summed E-state index contributed by atoms with van der Waals surface area (Å²) in [5.74, 6) is 0.602. The van der Waals surface area contributed by atoms with Crippen molar-refractivity contribution >= 4 is 17.1 Å². The third-order valence-electron chi connectivity index (χ3n) is 4.51. The van der Waals surface area contributed by atoms with Crippen LogP contribution < -0.4 is 16.6 Å². The van der Waals surface area contributed by atoms with Crippen LogP contribution in [0.3, 0.4) is 0 Å². The molecule has 24 heavy (non-hydrogen) atoms. The summed E-state index contributed by atoms with van der Waals surface area (Å²) >= 11 is 0. The number of rotatable bonds is 5. The number of imidazole rings is 1. The molecule has 0 spiro atoms. The Morgan fingerprint density at radius 1 is 1.08 bits per heavy atom. The number of hydrogen-bond donors (Lipinski definition) is 1. The van der Waals surface area contributed by atoms with Gasteiger partial charge in [-0.3, -0.25) is 18.8 Å². The molecular formula is C15H24N6O3. The number of aromatic nitrogens is 4. The lowest BCUT2D eigenvalue weighted by atomic mass is 10.3. The van der Waals surface area contributed by atoms with Crippen molar-refractivity contribution in [3.05, 3.63) is 20.8 Å². The van der Waals surface area contributed by atoms with E-state index in [4.69, 9.17) is 4.74 Å². The Balaban J connectivity index is 1.72. The summed E-state index contributed by atoms with van der Waals surface area (Å²) in [5, 5.41) is 3.27. The van der Waals surface area contributed by atoms with Crippen LogP contribution in [-0.4, -0.2) is 63.0 Å². The standard InChI is InChI=1S/C15H24N6O3/c1-18-11-12(19(2)15(23)20(3)13(11)22)17-14(18)16-5-4-6-21-7-9-24-10-8-21/h4-10H2,1-3H3,(H,16,17). The molecule has 3 rings (SSSR count). The van der Waals surface area contributed by atoms with Crippen molar-refractivity contribution in [1.82, 2.24) is 23.6 Å². The molecule has 9 nitrogen and oxygen atoms in total. The number of hydrogen-bond acceptors (Lipinski definition) is 6. The van der Waals surface area contributed by atoms with Gasteiger partial charge in [-0.25, -0.2) is 4.79 Å². The number of morpholine rings is 1. The van der Waals surface area contributed by atoms with Gasteiger partial charge in [-0.1, -0.05) is 0 Å². The normalized spacial score (nSPS) is 16.0. The van der Waals surface area contributed by atoms with Crippen LogP contribution in [0.2, 0.25) is 0 Å². The van der Waals surface area contributed by atoms with E-state index in [1.54, 1.807) is 18.7 Å². The molecule has 0 atom stereocenters. The number of nitrogens with zero attached hydrogens (tertiary/aromatic N) is 5. The molecule has 3 heterocycles. The minimum absolute atomic E-state index is 0.329. The molecular weight excluding hydrogens is 312 g/mol. The molecule has 1 fully saturated rings. The minimum atomic E-state index is -0.371. The molecule has 132 valence electrons. The summed E-state index contributed by atoms with van der Waals surface area (Å²) in [7, 11) is 4.89. The fourth-order valence-corrected chi connectivity index (χ4v) is 3.00. The van der Waals surface area contributed by atoms with Crippen LogP contribution in [0.25, 0.3) is 11.2 Å². The molecule has 2 aromatic rings. The molecule has 0 saturated carbocycles. The highest BCUT2D eigenvalue weighted by molar-refractivity contribution is 5.74. The molecule has 0 aliphatic carbocycles. The average Bonchev–Trinajstić information content (AvgIpc) is 2.93. The number of nitrogens with one attached hydrogen (secondary N) is 1. The number of anilines is 1. The van der Waals surface area contributed by atoms with Gasteiger partial charge >= 0.3 is 5.69 Å². The van der Waals surface area contributed by atoms with E-state index in [1.807, 2.05) is 0 Å². The molecule has 1 N–H and O–H groups in total. The van der Waals surface area contributed by atoms with Gasteiger partial charge in [-0.15, -0.1) is 0 Å². The van der Waals surface area contributed by atoms with E-state index in [2.05, 4.69) is 15.2 Å². The summed E-state index contributed by atoms with van der Waals surface area (Å²) in [6.45, 7) is 5.31. The second-order valence-electron chi connectivity index (χ2n) is 6.11. The van der Waals surface area contributed by atoms with Gasteiger partial charge in [-0.05, 0) is 13.0 Å². The van der Waals surface area contributed by atoms with Gasteiger partial charge < -0.3 is 14.6 Å². The highest BCUT2D eigenvalue weighted by Crippen LogP contribution is 2.13. The quantitative estimate of drug-likeness (QED) is 0.713. The van der Waals surface area contributed by atoms with Crippen molar-refractivity contribution in [3.8, 4) is 0 Å². The second-order valence-corrected chi connectivity index (χ2v) is 6.11. The first-order valence-corrected chi connectivity index (χ1v) is 8.17. The van der Waals surface area contributed by atoms with E-state index in [0.29, 0.717) is 17.1 Å². The average molecular weight is 336 g/mol. The van der Waals surface area contributed by atoms with E-state index >= 15 is 0 Å².